The maximum atomic E-state index is 11.7. The van der Waals surface area contributed by atoms with E-state index in [0.29, 0.717) is 6.42 Å². The highest BCUT2D eigenvalue weighted by Gasteiger charge is 2.25. The van der Waals surface area contributed by atoms with Crippen LogP contribution in [0.3, 0.4) is 0 Å². The second-order valence-corrected chi connectivity index (χ2v) is 6.21. The van der Waals surface area contributed by atoms with E-state index in [4.69, 9.17) is 19.7 Å². The van der Waals surface area contributed by atoms with E-state index < -0.39 is 32.5 Å². The van der Waals surface area contributed by atoms with Crippen molar-refractivity contribution in [2.75, 3.05) is 26.4 Å². The fraction of sp³-hybridized carbons (Fsp3) is 0.846. The van der Waals surface area contributed by atoms with Gasteiger partial charge in [0.1, 0.15) is 6.61 Å². The summed E-state index contributed by atoms with van der Waals surface area (Å²) in [7, 11) is -4.29. The molecular weight excluding hydrogens is 329 g/mol. The Balaban J connectivity index is 4.41. The molecule has 10 heteroatoms. The average molecular weight is 355 g/mol. The third kappa shape index (κ3) is 13.2. The molecule has 0 aliphatic heterocycles. The van der Waals surface area contributed by atoms with E-state index in [0.717, 1.165) is 12.8 Å². The standard InChI is InChI=1S/C13H26NO8P/c1-3-4-5-6-13(16)22-12(9-19-11(2)15)10-21-23(17,18)20-8-7-14/h12H,3-10,14H2,1-2H3,(H,17,18)/t12-/m1/s1. The molecule has 0 aromatic rings. The zero-order valence-electron chi connectivity index (χ0n) is 13.6. The van der Waals surface area contributed by atoms with Gasteiger partial charge in [-0.3, -0.25) is 18.6 Å². The van der Waals surface area contributed by atoms with Crippen molar-refractivity contribution in [1.29, 1.82) is 0 Å². The Kier molecular flexibility index (Phi) is 11.9. The van der Waals surface area contributed by atoms with Crippen molar-refractivity contribution in [1.82, 2.24) is 0 Å². The summed E-state index contributed by atoms with van der Waals surface area (Å²) in [6.45, 7) is 2.39. The number of phosphoric ester groups is 1. The van der Waals surface area contributed by atoms with Crippen molar-refractivity contribution in [3.05, 3.63) is 0 Å². The molecule has 136 valence electrons. The van der Waals surface area contributed by atoms with Crippen LogP contribution in [0, 0.1) is 0 Å². The number of unbranched alkanes of at least 4 members (excludes halogenated alkanes) is 2. The van der Waals surface area contributed by atoms with Gasteiger partial charge in [0.05, 0.1) is 13.2 Å². The number of ether oxygens (including phenoxy) is 2. The van der Waals surface area contributed by atoms with Crippen LogP contribution in [0.25, 0.3) is 0 Å². The van der Waals surface area contributed by atoms with Gasteiger partial charge in [-0.2, -0.15) is 0 Å². The number of rotatable bonds is 13. The Morgan fingerprint density at radius 1 is 1.22 bits per heavy atom. The Labute approximate surface area is 136 Å². The summed E-state index contributed by atoms with van der Waals surface area (Å²) in [6.07, 6.45) is 1.74. The molecule has 0 saturated carbocycles. The second-order valence-electron chi connectivity index (χ2n) is 4.76. The van der Waals surface area contributed by atoms with Gasteiger partial charge in [0.15, 0.2) is 6.10 Å². The monoisotopic (exact) mass is 355 g/mol. The fourth-order valence-corrected chi connectivity index (χ4v) is 2.24. The van der Waals surface area contributed by atoms with E-state index in [1.807, 2.05) is 6.92 Å². The van der Waals surface area contributed by atoms with Crippen LogP contribution < -0.4 is 5.73 Å². The van der Waals surface area contributed by atoms with Crippen LogP contribution in [0.5, 0.6) is 0 Å². The lowest BCUT2D eigenvalue weighted by Crippen LogP contribution is -2.29. The Bertz CT molecular complexity index is 403. The Hall–Kier alpha value is -0.990. The van der Waals surface area contributed by atoms with Crippen LogP contribution in [0.1, 0.15) is 39.5 Å². The molecular formula is C13H26NO8P. The SMILES string of the molecule is CCCCCC(=O)O[C@H](COC(C)=O)COP(=O)(O)OCCN. The van der Waals surface area contributed by atoms with Gasteiger partial charge < -0.3 is 20.1 Å². The smallest absolute Gasteiger partial charge is 0.462 e. The second kappa shape index (κ2) is 12.4. The Morgan fingerprint density at radius 2 is 1.91 bits per heavy atom. The van der Waals surface area contributed by atoms with Gasteiger partial charge in [-0.15, -0.1) is 0 Å². The van der Waals surface area contributed by atoms with Crippen molar-refractivity contribution >= 4 is 19.8 Å². The molecule has 3 N–H and O–H groups in total. The summed E-state index contributed by atoms with van der Waals surface area (Å²) in [4.78, 5) is 31.9. The molecule has 23 heavy (non-hydrogen) atoms. The maximum Gasteiger partial charge on any atom is 0.472 e. The van der Waals surface area contributed by atoms with E-state index in [9.17, 15) is 19.0 Å². The predicted octanol–water partition coefficient (Wildman–Crippen LogP) is 1.13. The molecule has 0 aliphatic rings. The summed E-state index contributed by atoms with van der Waals surface area (Å²) in [5, 5.41) is 0. The van der Waals surface area contributed by atoms with Crippen LogP contribution >= 0.6 is 7.82 Å². The predicted molar refractivity (Wildman–Crippen MR) is 81.4 cm³/mol. The highest BCUT2D eigenvalue weighted by Crippen LogP contribution is 2.43. The first-order valence-corrected chi connectivity index (χ1v) is 8.95. The van der Waals surface area contributed by atoms with Gasteiger partial charge in [-0.05, 0) is 6.42 Å². The molecule has 0 rings (SSSR count). The molecule has 0 aromatic heterocycles. The summed E-state index contributed by atoms with van der Waals surface area (Å²) < 4.78 is 30.6. The summed E-state index contributed by atoms with van der Waals surface area (Å²) in [5.41, 5.74) is 5.16. The first-order chi connectivity index (χ1) is 10.8. The molecule has 9 nitrogen and oxygen atoms in total. The number of carbonyl (C=O) groups excluding carboxylic acids is 2. The summed E-state index contributed by atoms with van der Waals surface area (Å²) in [5.74, 6) is -1.06. The van der Waals surface area contributed by atoms with E-state index in [1.54, 1.807) is 0 Å². The lowest BCUT2D eigenvalue weighted by atomic mass is 10.2. The first-order valence-electron chi connectivity index (χ1n) is 7.45. The molecule has 0 aromatic carbocycles. The highest BCUT2D eigenvalue weighted by atomic mass is 31.2. The van der Waals surface area contributed by atoms with Crippen LogP contribution in [0.2, 0.25) is 0 Å². The number of esters is 2. The van der Waals surface area contributed by atoms with Crippen LogP contribution in [0.4, 0.5) is 0 Å². The van der Waals surface area contributed by atoms with Crippen LogP contribution in [-0.2, 0) is 32.7 Å². The van der Waals surface area contributed by atoms with Gasteiger partial charge >= 0.3 is 19.8 Å². The van der Waals surface area contributed by atoms with Gasteiger partial charge in [0.25, 0.3) is 0 Å². The zero-order chi connectivity index (χ0) is 17.7. The quantitative estimate of drug-likeness (QED) is 0.283. The minimum Gasteiger partial charge on any atom is -0.462 e. The fourth-order valence-electron chi connectivity index (χ4n) is 1.47. The van der Waals surface area contributed by atoms with Crippen LogP contribution in [0.15, 0.2) is 0 Å². The number of nitrogens with two attached hydrogens (primary N) is 1. The number of hydrogen-bond donors (Lipinski definition) is 2. The van der Waals surface area contributed by atoms with E-state index in [1.165, 1.54) is 6.92 Å². The molecule has 0 spiro atoms. The topological polar surface area (TPSA) is 134 Å². The lowest BCUT2D eigenvalue weighted by Gasteiger charge is -2.19. The molecule has 0 amide bonds. The molecule has 0 bridgehead atoms. The van der Waals surface area contributed by atoms with Gasteiger partial charge in [-0.1, -0.05) is 19.8 Å². The van der Waals surface area contributed by atoms with E-state index in [2.05, 4.69) is 4.52 Å². The molecule has 1 unspecified atom stereocenters. The summed E-state index contributed by atoms with van der Waals surface area (Å²) in [6, 6.07) is 0. The molecule has 0 aliphatic carbocycles. The van der Waals surface area contributed by atoms with Gasteiger partial charge in [0.2, 0.25) is 0 Å². The highest BCUT2D eigenvalue weighted by molar-refractivity contribution is 7.47. The number of hydrogen-bond acceptors (Lipinski definition) is 8. The third-order valence-electron chi connectivity index (χ3n) is 2.55. The number of phosphoric acid groups is 1. The lowest BCUT2D eigenvalue weighted by molar-refractivity contribution is -0.160. The Morgan fingerprint density at radius 3 is 2.48 bits per heavy atom. The maximum absolute atomic E-state index is 11.7. The average Bonchev–Trinajstić information content (AvgIpc) is 2.48. The number of carbonyl (C=O) groups is 2. The van der Waals surface area contributed by atoms with Crippen molar-refractivity contribution < 1.29 is 37.6 Å². The van der Waals surface area contributed by atoms with E-state index >= 15 is 0 Å². The van der Waals surface area contributed by atoms with Crippen LogP contribution in [-0.4, -0.2) is 49.3 Å². The molecule has 0 radical (unpaired) electrons. The molecule has 2 atom stereocenters. The van der Waals surface area contributed by atoms with E-state index in [-0.39, 0.29) is 26.2 Å². The van der Waals surface area contributed by atoms with Crippen molar-refractivity contribution in [2.45, 2.75) is 45.6 Å². The molecule has 0 saturated heterocycles. The van der Waals surface area contributed by atoms with Crippen molar-refractivity contribution in [3.8, 4) is 0 Å². The third-order valence-corrected chi connectivity index (χ3v) is 3.54. The molecule has 0 fully saturated rings. The van der Waals surface area contributed by atoms with Gasteiger partial charge in [-0.25, -0.2) is 4.57 Å². The van der Waals surface area contributed by atoms with Gasteiger partial charge in [0, 0.05) is 19.9 Å². The minimum atomic E-state index is -4.29. The van der Waals surface area contributed by atoms with Crippen molar-refractivity contribution in [3.63, 3.8) is 0 Å². The minimum absolute atomic E-state index is 0.0528. The van der Waals surface area contributed by atoms with Crippen molar-refractivity contribution in [2.24, 2.45) is 5.73 Å². The normalized spacial score (nSPS) is 14.8. The zero-order valence-corrected chi connectivity index (χ0v) is 14.5. The molecule has 0 heterocycles. The first kappa shape index (κ1) is 22.0. The largest absolute Gasteiger partial charge is 0.472 e. The summed E-state index contributed by atoms with van der Waals surface area (Å²) >= 11 is 0.